The van der Waals surface area contributed by atoms with Crippen LogP contribution in [0.1, 0.15) is 15.9 Å². The molecule has 0 unspecified atom stereocenters. The third-order valence-corrected chi connectivity index (χ3v) is 3.47. The van der Waals surface area contributed by atoms with Crippen LogP contribution in [-0.2, 0) is 16.0 Å². The molecular weight excluding hydrogens is 345 g/mol. The number of carbonyl (C=O) groups excluding carboxylic acids is 2. The van der Waals surface area contributed by atoms with E-state index in [1.807, 2.05) is 0 Å². The lowest BCUT2D eigenvalue weighted by Gasteiger charge is -2.08. The molecule has 0 atom stereocenters. The molecule has 9 heteroatoms. The number of nitrogens with zero attached hydrogens (tertiary/aromatic N) is 1. The zero-order valence-electron chi connectivity index (χ0n) is 13.6. The van der Waals surface area contributed by atoms with Gasteiger partial charge in [-0.3, -0.25) is 14.9 Å². The van der Waals surface area contributed by atoms with E-state index < -0.39 is 23.4 Å². The molecule has 8 nitrogen and oxygen atoms in total. The van der Waals surface area contributed by atoms with Crippen molar-refractivity contribution in [2.45, 2.75) is 6.42 Å². The van der Waals surface area contributed by atoms with Gasteiger partial charge in [-0.2, -0.15) is 0 Å². The fourth-order valence-corrected chi connectivity index (χ4v) is 2.15. The first kappa shape index (κ1) is 18.8. The molecule has 0 aromatic heterocycles. The minimum absolute atomic E-state index is 0.0743. The number of non-ortho nitro benzene ring substituents is 1. The number of carbonyl (C=O) groups is 2. The Hall–Kier alpha value is -3.49. The normalized spacial score (nSPS) is 10.2. The molecule has 0 radical (unpaired) electrons. The molecule has 2 aromatic carbocycles. The van der Waals surface area contributed by atoms with E-state index in [1.54, 1.807) is 18.2 Å². The second kappa shape index (κ2) is 8.56. The molecule has 0 aliphatic rings. The van der Waals surface area contributed by atoms with Gasteiger partial charge in [-0.05, 0) is 24.1 Å². The zero-order valence-corrected chi connectivity index (χ0v) is 13.6. The molecule has 0 bridgehead atoms. The van der Waals surface area contributed by atoms with Crippen LogP contribution in [0.4, 0.5) is 15.8 Å². The molecule has 136 valence electrons. The number of nitro benzene ring substituents is 1. The van der Waals surface area contributed by atoms with Crippen LogP contribution in [0.5, 0.6) is 0 Å². The maximum Gasteiger partial charge on any atom is 0.340 e. The van der Waals surface area contributed by atoms with Crippen molar-refractivity contribution in [3.63, 3.8) is 0 Å². The number of nitro groups is 1. The van der Waals surface area contributed by atoms with Crippen molar-refractivity contribution in [2.24, 2.45) is 0 Å². The van der Waals surface area contributed by atoms with Gasteiger partial charge >= 0.3 is 5.97 Å². The summed E-state index contributed by atoms with van der Waals surface area (Å²) in [5, 5.41) is 13.1. The molecule has 0 saturated carbocycles. The fraction of sp³-hybridized carbons (Fsp3) is 0.176. The van der Waals surface area contributed by atoms with Crippen LogP contribution < -0.4 is 11.1 Å². The SMILES string of the molecule is Nc1cc([N+](=O)[O-])ccc1C(=O)OCC(=O)NCCc1ccccc1F. The molecule has 3 N–H and O–H groups in total. The lowest BCUT2D eigenvalue weighted by atomic mass is 10.1. The highest BCUT2D eigenvalue weighted by molar-refractivity contribution is 5.96. The van der Waals surface area contributed by atoms with Gasteiger partial charge in [0.25, 0.3) is 11.6 Å². The number of ether oxygens (including phenoxy) is 1. The van der Waals surface area contributed by atoms with E-state index in [-0.39, 0.29) is 29.3 Å². The second-order valence-electron chi connectivity index (χ2n) is 5.30. The van der Waals surface area contributed by atoms with E-state index in [9.17, 15) is 24.1 Å². The van der Waals surface area contributed by atoms with Crippen molar-refractivity contribution in [3.8, 4) is 0 Å². The Bertz CT molecular complexity index is 841. The number of esters is 1. The Morgan fingerprint density at radius 1 is 1.23 bits per heavy atom. The molecule has 0 heterocycles. The van der Waals surface area contributed by atoms with Gasteiger partial charge in [-0.1, -0.05) is 18.2 Å². The van der Waals surface area contributed by atoms with Crippen LogP contribution in [0.2, 0.25) is 0 Å². The van der Waals surface area contributed by atoms with Crippen LogP contribution in [0.15, 0.2) is 42.5 Å². The predicted molar refractivity (Wildman–Crippen MR) is 90.9 cm³/mol. The lowest BCUT2D eigenvalue weighted by Crippen LogP contribution is -2.30. The summed E-state index contributed by atoms with van der Waals surface area (Å²) in [6.07, 6.45) is 0.293. The zero-order chi connectivity index (χ0) is 19.1. The van der Waals surface area contributed by atoms with Crippen molar-refractivity contribution in [1.82, 2.24) is 5.32 Å². The Morgan fingerprint density at radius 2 is 1.96 bits per heavy atom. The van der Waals surface area contributed by atoms with E-state index in [0.29, 0.717) is 12.0 Å². The topological polar surface area (TPSA) is 125 Å². The summed E-state index contributed by atoms with van der Waals surface area (Å²) >= 11 is 0. The highest BCUT2D eigenvalue weighted by Gasteiger charge is 2.16. The minimum atomic E-state index is -0.873. The van der Waals surface area contributed by atoms with Gasteiger partial charge in [-0.15, -0.1) is 0 Å². The number of nitrogen functional groups attached to an aromatic ring is 1. The Morgan fingerprint density at radius 3 is 2.62 bits per heavy atom. The number of anilines is 1. The third-order valence-electron chi connectivity index (χ3n) is 3.47. The summed E-state index contributed by atoms with van der Waals surface area (Å²) in [4.78, 5) is 33.6. The number of benzene rings is 2. The second-order valence-corrected chi connectivity index (χ2v) is 5.30. The molecule has 1 amide bonds. The van der Waals surface area contributed by atoms with E-state index in [4.69, 9.17) is 10.5 Å². The van der Waals surface area contributed by atoms with Crippen molar-refractivity contribution in [1.29, 1.82) is 0 Å². The average Bonchev–Trinajstić information content (AvgIpc) is 2.61. The molecular formula is C17H16FN3O5. The molecule has 0 aliphatic heterocycles. The van der Waals surface area contributed by atoms with Gasteiger partial charge in [0.05, 0.1) is 16.2 Å². The van der Waals surface area contributed by atoms with Gasteiger partial charge in [0.15, 0.2) is 6.61 Å². The van der Waals surface area contributed by atoms with Crippen molar-refractivity contribution in [3.05, 3.63) is 69.5 Å². The van der Waals surface area contributed by atoms with Crippen LogP contribution >= 0.6 is 0 Å². The molecule has 0 saturated heterocycles. The summed E-state index contributed by atoms with van der Waals surface area (Å²) in [5.74, 6) is -1.79. The number of hydrogen-bond acceptors (Lipinski definition) is 6. The summed E-state index contributed by atoms with van der Waals surface area (Å²) in [5.41, 5.74) is 5.59. The summed E-state index contributed by atoms with van der Waals surface area (Å²) in [6, 6.07) is 9.50. The summed E-state index contributed by atoms with van der Waals surface area (Å²) < 4.78 is 18.3. The number of rotatable bonds is 7. The molecule has 26 heavy (non-hydrogen) atoms. The predicted octanol–water partition coefficient (Wildman–Crippen LogP) is 1.83. The van der Waals surface area contributed by atoms with Crippen molar-refractivity contribution < 1.29 is 23.6 Å². The number of nitrogens with one attached hydrogen (secondary N) is 1. The fourth-order valence-electron chi connectivity index (χ4n) is 2.15. The number of halogens is 1. The molecule has 0 spiro atoms. The van der Waals surface area contributed by atoms with Crippen LogP contribution in [0.3, 0.4) is 0 Å². The highest BCUT2D eigenvalue weighted by atomic mass is 19.1. The molecule has 0 aliphatic carbocycles. The maximum absolute atomic E-state index is 13.4. The van der Waals surface area contributed by atoms with E-state index >= 15 is 0 Å². The molecule has 2 rings (SSSR count). The van der Waals surface area contributed by atoms with Gasteiger partial charge in [0, 0.05) is 18.7 Å². The number of nitrogens with two attached hydrogens (primary N) is 1. The third kappa shape index (κ3) is 5.00. The average molecular weight is 361 g/mol. The van der Waals surface area contributed by atoms with Crippen LogP contribution in [0, 0.1) is 15.9 Å². The van der Waals surface area contributed by atoms with E-state index in [0.717, 1.165) is 18.2 Å². The maximum atomic E-state index is 13.4. The standard InChI is InChI=1S/C17H16FN3O5/c18-14-4-2-1-3-11(14)7-8-20-16(22)10-26-17(23)13-6-5-12(21(24)25)9-15(13)19/h1-6,9H,7-8,10,19H2,(H,20,22). The molecule has 0 fully saturated rings. The lowest BCUT2D eigenvalue weighted by molar-refractivity contribution is -0.384. The number of amides is 1. The van der Waals surface area contributed by atoms with Crippen molar-refractivity contribution >= 4 is 23.3 Å². The number of hydrogen-bond donors (Lipinski definition) is 2. The van der Waals surface area contributed by atoms with Gasteiger partial charge < -0.3 is 15.8 Å². The van der Waals surface area contributed by atoms with Gasteiger partial charge in [0.2, 0.25) is 0 Å². The smallest absolute Gasteiger partial charge is 0.340 e. The van der Waals surface area contributed by atoms with Crippen LogP contribution in [0.25, 0.3) is 0 Å². The van der Waals surface area contributed by atoms with Gasteiger partial charge in [0.1, 0.15) is 5.82 Å². The minimum Gasteiger partial charge on any atom is -0.452 e. The first-order valence-electron chi connectivity index (χ1n) is 7.59. The summed E-state index contributed by atoms with van der Waals surface area (Å²) in [7, 11) is 0. The largest absolute Gasteiger partial charge is 0.452 e. The van der Waals surface area contributed by atoms with Crippen LogP contribution in [-0.4, -0.2) is 30.0 Å². The monoisotopic (exact) mass is 361 g/mol. The van der Waals surface area contributed by atoms with E-state index in [2.05, 4.69) is 5.32 Å². The van der Waals surface area contributed by atoms with Gasteiger partial charge in [-0.25, -0.2) is 9.18 Å². The first-order chi connectivity index (χ1) is 12.4. The molecule has 2 aromatic rings. The highest BCUT2D eigenvalue weighted by Crippen LogP contribution is 2.20. The first-order valence-corrected chi connectivity index (χ1v) is 7.59. The Labute approximate surface area is 147 Å². The Balaban J connectivity index is 1.81. The Kier molecular flexibility index (Phi) is 6.20. The summed E-state index contributed by atoms with van der Waals surface area (Å²) in [6.45, 7) is -0.372. The van der Waals surface area contributed by atoms with Crippen molar-refractivity contribution in [2.75, 3.05) is 18.9 Å². The quantitative estimate of drug-likeness (QED) is 0.335. The van der Waals surface area contributed by atoms with E-state index in [1.165, 1.54) is 6.07 Å².